The highest BCUT2D eigenvalue weighted by Crippen LogP contribution is 2.31. The first-order chi connectivity index (χ1) is 13.0. The summed E-state index contributed by atoms with van der Waals surface area (Å²) in [4.78, 5) is 10.8. The topological polar surface area (TPSA) is 71.5 Å². The molecule has 1 aliphatic heterocycles. The minimum absolute atomic E-state index is 0.299. The third-order valence-corrected chi connectivity index (χ3v) is 4.65. The van der Waals surface area contributed by atoms with Crippen molar-refractivity contribution in [1.82, 2.24) is 14.9 Å². The van der Waals surface area contributed by atoms with Crippen molar-refractivity contribution in [2.75, 3.05) is 51.0 Å². The number of hydrogen-bond donors (Lipinski definition) is 2. The van der Waals surface area contributed by atoms with Crippen molar-refractivity contribution < 1.29 is 13.9 Å². The molecule has 0 aliphatic carbocycles. The van der Waals surface area contributed by atoms with Crippen LogP contribution in [0, 0.1) is 18.7 Å². The van der Waals surface area contributed by atoms with Crippen LogP contribution >= 0.6 is 0 Å². The summed E-state index contributed by atoms with van der Waals surface area (Å²) in [5.74, 6) is 2.29. The van der Waals surface area contributed by atoms with Crippen molar-refractivity contribution >= 4 is 17.3 Å². The molecule has 1 saturated heterocycles. The Balaban J connectivity index is 1.74. The van der Waals surface area contributed by atoms with Crippen LogP contribution in [0.5, 0.6) is 11.5 Å². The third kappa shape index (κ3) is 4.39. The van der Waals surface area contributed by atoms with E-state index >= 15 is 0 Å². The van der Waals surface area contributed by atoms with Gasteiger partial charge in [-0.15, -0.1) is 0 Å². The molecular weight excluding hydrogens is 349 g/mol. The highest BCUT2D eigenvalue weighted by atomic mass is 19.1. The molecule has 0 aromatic carbocycles. The number of likely N-dealkylation sites (tertiary alicyclic amines) is 1. The van der Waals surface area contributed by atoms with Gasteiger partial charge in [0.1, 0.15) is 11.6 Å². The molecule has 0 bridgehead atoms. The van der Waals surface area contributed by atoms with Gasteiger partial charge >= 0.3 is 0 Å². The van der Waals surface area contributed by atoms with Crippen molar-refractivity contribution in [3.63, 3.8) is 0 Å². The number of pyridine rings is 2. The van der Waals surface area contributed by atoms with E-state index in [2.05, 4.69) is 32.4 Å². The van der Waals surface area contributed by atoms with E-state index in [1.165, 1.54) is 0 Å². The van der Waals surface area contributed by atoms with Gasteiger partial charge in [0, 0.05) is 38.2 Å². The Hall–Kier alpha value is -2.61. The summed E-state index contributed by atoms with van der Waals surface area (Å²) >= 11 is 0. The normalized spacial score (nSPS) is 14.6. The number of nitrogens with zero attached hydrogens (tertiary/aromatic N) is 3. The third-order valence-electron chi connectivity index (χ3n) is 4.65. The van der Waals surface area contributed by atoms with Crippen LogP contribution in [-0.4, -0.2) is 55.3 Å². The molecule has 2 aromatic rings. The largest absolute Gasteiger partial charge is 0.491 e. The molecule has 1 fully saturated rings. The summed E-state index contributed by atoms with van der Waals surface area (Å²) in [6.45, 7) is 7.54. The van der Waals surface area contributed by atoms with Crippen LogP contribution in [-0.2, 0) is 0 Å². The zero-order chi connectivity index (χ0) is 19.4. The van der Waals surface area contributed by atoms with Crippen molar-refractivity contribution in [2.24, 2.45) is 5.92 Å². The molecule has 2 aromatic heterocycles. The first-order valence-corrected chi connectivity index (χ1v) is 9.05. The van der Waals surface area contributed by atoms with Crippen LogP contribution in [0.2, 0.25) is 0 Å². The Morgan fingerprint density at radius 1 is 1.26 bits per heavy atom. The monoisotopic (exact) mass is 375 g/mol. The van der Waals surface area contributed by atoms with Gasteiger partial charge in [0.15, 0.2) is 17.3 Å². The maximum Gasteiger partial charge on any atom is 0.179 e. The van der Waals surface area contributed by atoms with E-state index in [-0.39, 0.29) is 0 Å². The number of nitrogens with one attached hydrogen (secondary N) is 2. The molecule has 0 amide bonds. The summed E-state index contributed by atoms with van der Waals surface area (Å²) < 4.78 is 25.7. The highest BCUT2D eigenvalue weighted by Gasteiger charge is 2.26. The fourth-order valence-electron chi connectivity index (χ4n) is 3.02. The quantitative estimate of drug-likeness (QED) is 0.735. The molecule has 8 heteroatoms. The number of anilines is 3. The summed E-state index contributed by atoms with van der Waals surface area (Å²) in [5.41, 5.74) is 0.604. The smallest absolute Gasteiger partial charge is 0.179 e. The second-order valence-electron chi connectivity index (χ2n) is 6.58. The fraction of sp³-hybridized carbons (Fsp3) is 0.474. The Bertz CT molecular complexity index is 796. The van der Waals surface area contributed by atoms with Gasteiger partial charge in [0.05, 0.1) is 31.3 Å². The Labute approximate surface area is 158 Å². The fourth-order valence-corrected chi connectivity index (χ4v) is 3.02. The van der Waals surface area contributed by atoms with E-state index in [1.807, 2.05) is 0 Å². The zero-order valence-corrected chi connectivity index (χ0v) is 16.2. The molecule has 0 spiro atoms. The summed E-state index contributed by atoms with van der Waals surface area (Å²) in [6, 6.07) is 3.33. The Kier molecular flexibility index (Phi) is 5.95. The molecule has 0 saturated carbocycles. The predicted molar refractivity (Wildman–Crippen MR) is 104 cm³/mol. The minimum Gasteiger partial charge on any atom is -0.491 e. The molecule has 3 rings (SSSR count). The van der Waals surface area contributed by atoms with E-state index < -0.39 is 5.82 Å². The van der Waals surface area contributed by atoms with Crippen molar-refractivity contribution in [3.8, 4) is 11.5 Å². The molecular formula is C19H26FN5O2. The second kappa shape index (κ2) is 8.39. The number of aromatic nitrogens is 2. The average Bonchev–Trinajstić information content (AvgIpc) is 2.64. The second-order valence-corrected chi connectivity index (χ2v) is 6.58. The maximum absolute atomic E-state index is 14.4. The average molecular weight is 375 g/mol. The Morgan fingerprint density at radius 3 is 2.70 bits per heavy atom. The molecule has 146 valence electrons. The molecule has 1 aliphatic rings. The van der Waals surface area contributed by atoms with Gasteiger partial charge in [-0.2, -0.15) is 0 Å². The molecule has 0 atom stereocenters. The molecule has 27 heavy (non-hydrogen) atoms. The van der Waals surface area contributed by atoms with Gasteiger partial charge < -0.3 is 25.0 Å². The first kappa shape index (κ1) is 19.2. The van der Waals surface area contributed by atoms with Crippen LogP contribution < -0.4 is 20.1 Å². The van der Waals surface area contributed by atoms with Crippen molar-refractivity contribution in [3.05, 3.63) is 29.8 Å². The van der Waals surface area contributed by atoms with Gasteiger partial charge in [-0.1, -0.05) is 6.92 Å². The van der Waals surface area contributed by atoms with Crippen LogP contribution in [0.15, 0.2) is 18.3 Å². The Morgan fingerprint density at radius 2 is 2.04 bits per heavy atom. The van der Waals surface area contributed by atoms with Gasteiger partial charge in [-0.3, -0.25) is 0 Å². The van der Waals surface area contributed by atoms with Gasteiger partial charge in [0.2, 0.25) is 0 Å². The number of hydrogen-bond acceptors (Lipinski definition) is 7. The predicted octanol–water partition coefficient (Wildman–Crippen LogP) is 3.05. The van der Waals surface area contributed by atoms with Gasteiger partial charge in [0.25, 0.3) is 0 Å². The van der Waals surface area contributed by atoms with Gasteiger partial charge in [-0.25, -0.2) is 14.4 Å². The molecule has 2 N–H and O–H groups in total. The zero-order valence-electron chi connectivity index (χ0n) is 16.2. The lowest BCUT2D eigenvalue weighted by molar-refractivity contribution is 0.0662. The summed E-state index contributed by atoms with van der Waals surface area (Å²) in [7, 11) is 3.31. The van der Waals surface area contributed by atoms with E-state index in [1.54, 1.807) is 39.4 Å². The van der Waals surface area contributed by atoms with Crippen molar-refractivity contribution in [1.29, 1.82) is 0 Å². The summed E-state index contributed by atoms with van der Waals surface area (Å²) in [5, 5.41) is 5.92. The number of rotatable bonds is 8. The lowest BCUT2D eigenvalue weighted by atomic mass is 10.0. The molecule has 0 radical (unpaired) electrons. The molecule has 3 heterocycles. The van der Waals surface area contributed by atoms with E-state index in [9.17, 15) is 4.39 Å². The summed E-state index contributed by atoms with van der Waals surface area (Å²) in [6.07, 6.45) is 1.57. The maximum atomic E-state index is 14.4. The van der Waals surface area contributed by atoms with E-state index in [0.717, 1.165) is 19.6 Å². The lowest BCUT2D eigenvalue weighted by Gasteiger charge is -2.38. The SMILES string of the molecule is CCN1CC(COc2cc(Nc3cc(NC)nc(C)c3F)ncc2OC)C1. The number of ether oxygens (including phenoxy) is 2. The number of aryl methyl sites for hydroxylation is 1. The molecule has 0 unspecified atom stereocenters. The lowest BCUT2D eigenvalue weighted by Crippen LogP contribution is -2.48. The standard InChI is InChI=1S/C19H26FN5O2/c1-5-25-9-13(10-25)11-27-15-7-18(22-8-16(15)26-4)24-14-6-17(21-3)23-12(2)19(14)20/h6-8,13H,5,9-11H2,1-4H3,(H2,21,22,23,24). The van der Waals surface area contributed by atoms with Crippen LogP contribution in [0.1, 0.15) is 12.6 Å². The minimum atomic E-state index is -0.414. The highest BCUT2D eigenvalue weighted by molar-refractivity contribution is 5.63. The van der Waals surface area contributed by atoms with Gasteiger partial charge in [-0.05, 0) is 13.5 Å². The number of halogens is 1. The van der Waals surface area contributed by atoms with Crippen LogP contribution in [0.3, 0.4) is 0 Å². The first-order valence-electron chi connectivity index (χ1n) is 9.05. The van der Waals surface area contributed by atoms with Crippen LogP contribution in [0.4, 0.5) is 21.7 Å². The van der Waals surface area contributed by atoms with Crippen molar-refractivity contribution in [2.45, 2.75) is 13.8 Å². The van der Waals surface area contributed by atoms with E-state index in [0.29, 0.717) is 47.0 Å². The number of methoxy groups -OCH3 is 1. The van der Waals surface area contributed by atoms with Crippen LogP contribution in [0.25, 0.3) is 0 Å². The molecule has 7 nitrogen and oxygen atoms in total. The van der Waals surface area contributed by atoms with E-state index in [4.69, 9.17) is 9.47 Å².